The molecule has 0 saturated heterocycles. The lowest BCUT2D eigenvalue weighted by atomic mass is 9.71. The molecule has 1 aromatic rings. The molecule has 2 amide bonds. The molecule has 2 N–H and O–H groups in total. The van der Waals surface area contributed by atoms with Gasteiger partial charge in [-0.15, -0.1) is 0 Å². The minimum atomic E-state index is -0.959. The molecule has 0 spiro atoms. The first-order chi connectivity index (χ1) is 11.3. The molecule has 0 aliphatic heterocycles. The van der Waals surface area contributed by atoms with E-state index in [1.807, 2.05) is 0 Å². The third-order valence-electron chi connectivity index (χ3n) is 4.56. The lowest BCUT2D eigenvalue weighted by Gasteiger charge is -2.32. The summed E-state index contributed by atoms with van der Waals surface area (Å²) in [5, 5.41) is 12.3. The molecule has 0 atom stereocenters. The minimum Gasteiger partial charge on any atom is -0.481 e. The van der Waals surface area contributed by atoms with Crippen LogP contribution >= 0.6 is 0 Å². The van der Waals surface area contributed by atoms with E-state index in [1.54, 1.807) is 38.4 Å². The Kier molecular flexibility index (Phi) is 5.59. The number of hydrogen-bond acceptors (Lipinski definition) is 3. The highest BCUT2D eigenvalue weighted by atomic mass is 16.4. The molecule has 1 fully saturated rings. The van der Waals surface area contributed by atoms with Crippen molar-refractivity contribution < 1.29 is 19.5 Å². The van der Waals surface area contributed by atoms with Crippen molar-refractivity contribution in [1.82, 2.24) is 4.90 Å². The van der Waals surface area contributed by atoms with Gasteiger partial charge in [-0.25, -0.2) is 0 Å². The zero-order valence-electron chi connectivity index (χ0n) is 14.2. The minimum absolute atomic E-state index is 0.0335. The second-order valence-electron chi connectivity index (χ2n) is 6.65. The van der Waals surface area contributed by atoms with Crippen LogP contribution < -0.4 is 5.32 Å². The Morgan fingerprint density at radius 2 is 1.83 bits per heavy atom. The van der Waals surface area contributed by atoms with Gasteiger partial charge in [0.2, 0.25) is 5.91 Å². The maximum Gasteiger partial charge on any atom is 0.310 e. The molecular formula is C18H24N2O4. The molecule has 6 heteroatoms. The number of benzene rings is 1. The Morgan fingerprint density at radius 3 is 2.42 bits per heavy atom. The molecule has 0 bridgehead atoms. The summed E-state index contributed by atoms with van der Waals surface area (Å²) in [5.41, 5.74) is 0.0202. The summed E-state index contributed by atoms with van der Waals surface area (Å²) in [6.45, 7) is 0. The van der Waals surface area contributed by atoms with Crippen molar-refractivity contribution in [3.8, 4) is 0 Å². The van der Waals surface area contributed by atoms with Crippen LogP contribution in [0, 0.1) is 5.41 Å². The van der Waals surface area contributed by atoms with Gasteiger partial charge in [-0.1, -0.05) is 25.3 Å². The second kappa shape index (κ2) is 7.47. The highest BCUT2D eigenvalue weighted by Crippen LogP contribution is 2.39. The van der Waals surface area contributed by atoms with Crippen molar-refractivity contribution in [3.63, 3.8) is 0 Å². The number of carbonyl (C=O) groups excluding carboxylic acids is 2. The number of anilines is 1. The summed E-state index contributed by atoms with van der Waals surface area (Å²) < 4.78 is 0. The van der Waals surface area contributed by atoms with E-state index in [0.29, 0.717) is 24.1 Å². The number of carboxylic acid groups (broad SMARTS) is 1. The smallest absolute Gasteiger partial charge is 0.310 e. The Labute approximate surface area is 141 Å². The van der Waals surface area contributed by atoms with Crippen LogP contribution in [0.5, 0.6) is 0 Å². The molecule has 1 aliphatic carbocycles. The van der Waals surface area contributed by atoms with E-state index in [9.17, 15) is 19.5 Å². The number of hydrogen-bond donors (Lipinski definition) is 2. The molecule has 1 aliphatic rings. The van der Waals surface area contributed by atoms with Gasteiger partial charge in [0, 0.05) is 31.8 Å². The fourth-order valence-electron chi connectivity index (χ4n) is 3.20. The average Bonchev–Trinajstić information content (AvgIpc) is 2.54. The van der Waals surface area contributed by atoms with Gasteiger partial charge in [0.15, 0.2) is 0 Å². The third kappa shape index (κ3) is 4.13. The number of amides is 2. The predicted molar refractivity (Wildman–Crippen MR) is 90.9 cm³/mol. The van der Waals surface area contributed by atoms with Crippen molar-refractivity contribution in [1.29, 1.82) is 0 Å². The fraction of sp³-hybridized carbons (Fsp3) is 0.500. The van der Waals surface area contributed by atoms with Gasteiger partial charge in [0.25, 0.3) is 5.91 Å². The highest BCUT2D eigenvalue weighted by molar-refractivity contribution is 5.98. The summed E-state index contributed by atoms with van der Waals surface area (Å²) in [6, 6.07) is 6.67. The highest BCUT2D eigenvalue weighted by Gasteiger charge is 2.41. The summed E-state index contributed by atoms with van der Waals surface area (Å²) in [7, 11) is 3.32. The Balaban J connectivity index is 2.08. The molecule has 2 rings (SSSR count). The monoisotopic (exact) mass is 332 g/mol. The Hall–Kier alpha value is -2.37. The molecule has 0 heterocycles. The van der Waals surface area contributed by atoms with Gasteiger partial charge in [-0.3, -0.25) is 14.4 Å². The van der Waals surface area contributed by atoms with E-state index in [4.69, 9.17) is 0 Å². The quantitative estimate of drug-likeness (QED) is 0.868. The maximum absolute atomic E-state index is 12.3. The summed E-state index contributed by atoms with van der Waals surface area (Å²) in [6.07, 6.45) is 3.74. The molecule has 6 nitrogen and oxygen atoms in total. The lowest BCUT2D eigenvalue weighted by molar-refractivity contribution is -0.153. The van der Waals surface area contributed by atoms with E-state index in [-0.39, 0.29) is 18.2 Å². The van der Waals surface area contributed by atoms with Crippen LogP contribution in [0.3, 0.4) is 0 Å². The van der Waals surface area contributed by atoms with E-state index in [0.717, 1.165) is 19.3 Å². The summed E-state index contributed by atoms with van der Waals surface area (Å²) in [4.78, 5) is 37.4. The first-order valence-corrected chi connectivity index (χ1v) is 8.19. The normalized spacial score (nSPS) is 16.2. The van der Waals surface area contributed by atoms with Crippen LogP contribution in [0.15, 0.2) is 24.3 Å². The number of carboxylic acids is 1. The van der Waals surface area contributed by atoms with E-state index in [2.05, 4.69) is 5.32 Å². The molecule has 24 heavy (non-hydrogen) atoms. The van der Waals surface area contributed by atoms with Gasteiger partial charge >= 0.3 is 5.97 Å². The predicted octanol–water partition coefficient (Wildman–Crippen LogP) is 2.75. The molecular weight excluding hydrogens is 308 g/mol. The molecule has 1 aromatic carbocycles. The van der Waals surface area contributed by atoms with Crippen molar-refractivity contribution in [2.24, 2.45) is 5.41 Å². The van der Waals surface area contributed by atoms with Crippen LogP contribution in [-0.4, -0.2) is 41.9 Å². The average molecular weight is 332 g/mol. The van der Waals surface area contributed by atoms with Gasteiger partial charge in [0.1, 0.15) is 0 Å². The van der Waals surface area contributed by atoms with Gasteiger partial charge in [-0.2, -0.15) is 0 Å². The Morgan fingerprint density at radius 1 is 1.17 bits per heavy atom. The van der Waals surface area contributed by atoms with E-state index in [1.165, 1.54) is 4.90 Å². The first-order valence-electron chi connectivity index (χ1n) is 8.19. The van der Waals surface area contributed by atoms with Gasteiger partial charge in [0.05, 0.1) is 5.41 Å². The topological polar surface area (TPSA) is 86.7 Å². The van der Waals surface area contributed by atoms with Crippen molar-refractivity contribution >= 4 is 23.5 Å². The molecule has 0 aromatic heterocycles. The van der Waals surface area contributed by atoms with Crippen molar-refractivity contribution in [3.05, 3.63) is 29.8 Å². The Bertz CT molecular complexity index is 634. The van der Waals surface area contributed by atoms with Gasteiger partial charge in [-0.05, 0) is 31.0 Å². The zero-order chi connectivity index (χ0) is 17.7. The molecule has 1 saturated carbocycles. The summed E-state index contributed by atoms with van der Waals surface area (Å²) >= 11 is 0. The van der Waals surface area contributed by atoms with Crippen molar-refractivity contribution in [2.45, 2.75) is 38.5 Å². The standard InChI is InChI=1S/C18H24N2O4/c1-20(2)16(22)13-7-6-8-14(11-13)19-15(21)12-18(17(23)24)9-4-3-5-10-18/h6-8,11H,3-5,9-10,12H2,1-2H3,(H,19,21)(H,23,24). The number of nitrogens with zero attached hydrogens (tertiary/aromatic N) is 1. The van der Waals surface area contributed by atoms with Crippen LogP contribution in [0.25, 0.3) is 0 Å². The number of nitrogens with one attached hydrogen (secondary N) is 1. The van der Waals surface area contributed by atoms with Crippen LogP contribution in [0.4, 0.5) is 5.69 Å². The number of rotatable bonds is 5. The van der Waals surface area contributed by atoms with E-state index >= 15 is 0 Å². The third-order valence-corrected chi connectivity index (χ3v) is 4.56. The zero-order valence-corrected chi connectivity index (χ0v) is 14.2. The van der Waals surface area contributed by atoms with Crippen molar-refractivity contribution in [2.75, 3.05) is 19.4 Å². The SMILES string of the molecule is CN(C)C(=O)c1cccc(NC(=O)CC2(C(=O)O)CCCCC2)c1. The van der Waals surface area contributed by atoms with Gasteiger partial charge < -0.3 is 15.3 Å². The molecule has 0 radical (unpaired) electrons. The first kappa shape index (κ1) is 18.0. The van der Waals surface area contributed by atoms with Crippen LogP contribution in [0.2, 0.25) is 0 Å². The fourth-order valence-corrected chi connectivity index (χ4v) is 3.20. The maximum atomic E-state index is 12.3. The molecule has 0 unspecified atom stereocenters. The number of carbonyl (C=O) groups is 3. The lowest BCUT2D eigenvalue weighted by Crippen LogP contribution is -2.37. The summed E-state index contributed by atoms with van der Waals surface area (Å²) in [5.74, 6) is -1.37. The molecule has 130 valence electrons. The van der Waals surface area contributed by atoms with E-state index < -0.39 is 11.4 Å². The largest absolute Gasteiger partial charge is 0.481 e. The second-order valence-corrected chi connectivity index (χ2v) is 6.65. The van der Waals surface area contributed by atoms with Crippen LogP contribution in [0.1, 0.15) is 48.9 Å². The van der Waals surface area contributed by atoms with Crippen LogP contribution in [-0.2, 0) is 9.59 Å². The number of aliphatic carboxylic acids is 1.